The smallest absolute Gasteiger partial charge is 0.108 e. The molecule has 2 heterocycles. The van der Waals surface area contributed by atoms with E-state index in [0.717, 1.165) is 16.6 Å². The zero-order valence-corrected chi connectivity index (χ0v) is 9.63. The Balaban J connectivity index is 0.000000379. The molecule has 0 aliphatic heterocycles. The number of fused-ring (bicyclic) bond motifs is 1. The highest BCUT2D eigenvalue weighted by molar-refractivity contribution is 5.73. The van der Waals surface area contributed by atoms with Gasteiger partial charge in [0.15, 0.2) is 0 Å². The topological polar surface area (TPSA) is 41.6 Å². The third-order valence-electron chi connectivity index (χ3n) is 1.43. The molecule has 0 aliphatic carbocycles. The van der Waals surface area contributed by atoms with E-state index in [1.807, 2.05) is 46.9 Å². The van der Waals surface area contributed by atoms with Crippen LogP contribution in [0.15, 0.2) is 18.5 Å². The lowest BCUT2D eigenvalue weighted by molar-refractivity contribution is 1.12. The number of nitrogens with one attached hydrogen (secondary N) is 1. The van der Waals surface area contributed by atoms with Gasteiger partial charge in [-0.25, -0.2) is 0 Å². The fourth-order valence-electron chi connectivity index (χ4n) is 0.935. The van der Waals surface area contributed by atoms with Crippen LogP contribution in [-0.2, 0) is 0 Å². The summed E-state index contributed by atoms with van der Waals surface area (Å²) in [5.41, 5.74) is 3.07. The van der Waals surface area contributed by atoms with Gasteiger partial charge in [-0.15, -0.1) is 0 Å². The van der Waals surface area contributed by atoms with Gasteiger partial charge in [-0.2, -0.15) is 5.10 Å². The van der Waals surface area contributed by atoms with Crippen LogP contribution in [-0.4, -0.2) is 15.2 Å². The van der Waals surface area contributed by atoms with Crippen molar-refractivity contribution >= 4 is 11.0 Å². The summed E-state index contributed by atoms with van der Waals surface area (Å²) in [6.07, 6.45) is 3.55. The minimum absolute atomic E-state index is 0.922. The molecule has 2 aromatic rings. The minimum atomic E-state index is 0.922. The second kappa shape index (κ2) is 7.06. The van der Waals surface area contributed by atoms with Crippen LogP contribution in [0, 0.1) is 6.92 Å². The SMILES string of the molecule is CC.CC.Cc1cnc2cn[nH]c2c1. The van der Waals surface area contributed by atoms with Crippen molar-refractivity contribution in [2.24, 2.45) is 0 Å². The molecule has 2 aromatic heterocycles. The van der Waals surface area contributed by atoms with Gasteiger partial charge < -0.3 is 0 Å². The Morgan fingerprint density at radius 3 is 2.36 bits per heavy atom. The standard InChI is InChI=1S/C7H7N3.2C2H6/c1-5-2-6-7(8-3-5)4-9-10-6;2*1-2/h2-4H,1H3,(H,9,10);2*1-2H3. The highest BCUT2D eigenvalue weighted by Crippen LogP contribution is 2.07. The molecule has 0 aliphatic rings. The number of hydrogen-bond donors (Lipinski definition) is 1. The van der Waals surface area contributed by atoms with Crippen LogP contribution in [0.1, 0.15) is 33.3 Å². The Kier molecular flexibility index (Phi) is 6.37. The van der Waals surface area contributed by atoms with Gasteiger partial charge >= 0.3 is 0 Å². The Morgan fingerprint density at radius 2 is 1.71 bits per heavy atom. The number of nitrogens with zero attached hydrogens (tertiary/aromatic N) is 2. The highest BCUT2D eigenvalue weighted by atomic mass is 15.1. The maximum Gasteiger partial charge on any atom is 0.108 e. The fraction of sp³-hybridized carbons (Fsp3) is 0.455. The zero-order valence-electron chi connectivity index (χ0n) is 9.63. The predicted octanol–water partition coefficient (Wildman–Crippen LogP) is 3.32. The molecule has 0 spiro atoms. The van der Waals surface area contributed by atoms with Gasteiger partial charge in [0.1, 0.15) is 5.52 Å². The van der Waals surface area contributed by atoms with E-state index in [1.165, 1.54) is 0 Å². The summed E-state index contributed by atoms with van der Waals surface area (Å²) < 4.78 is 0. The normalized spacial score (nSPS) is 8.36. The van der Waals surface area contributed by atoms with Gasteiger partial charge in [0.25, 0.3) is 0 Å². The van der Waals surface area contributed by atoms with Gasteiger partial charge in [-0.05, 0) is 18.6 Å². The lowest BCUT2D eigenvalue weighted by Crippen LogP contribution is -1.76. The van der Waals surface area contributed by atoms with Crippen LogP contribution in [0.5, 0.6) is 0 Å². The van der Waals surface area contributed by atoms with Crippen LogP contribution in [0.25, 0.3) is 11.0 Å². The molecule has 0 radical (unpaired) electrons. The number of aromatic nitrogens is 3. The molecule has 14 heavy (non-hydrogen) atoms. The monoisotopic (exact) mass is 193 g/mol. The molecule has 0 saturated carbocycles. The van der Waals surface area contributed by atoms with Crippen molar-refractivity contribution in [2.45, 2.75) is 34.6 Å². The number of aromatic amines is 1. The fourth-order valence-corrected chi connectivity index (χ4v) is 0.935. The van der Waals surface area contributed by atoms with Crippen LogP contribution in [0.2, 0.25) is 0 Å². The number of hydrogen-bond acceptors (Lipinski definition) is 2. The van der Waals surface area contributed by atoms with Gasteiger partial charge in [0.05, 0.1) is 11.7 Å². The summed E-state index contributed by atoms with van der Waals surface area (Å²) in [5, 5.41) is 6.70. The maximum atomic E-state index is 4.15. The van der Waals surface area contributed by atoms with Crippen molar-refractivity contribution in [1.29, 1.82) is 0 Å². The van der Waals surface area contributed by atoms with E-state index in [9.17, 15) is 0 Å². The van der Waals surface area contributed by atoms with Crippen LogP contribution in [0.4, 0.5) is 0 Å². The van der Waals surface area contributed by atoms with Crippen molar-refractivity contribution < 1.29 is 0 Å². The summed E-state index contributed by atoms with van der Waals surface area (Å²) in [5.74, 6) is 0. The average Bonchev–Trinajstić information content (AvgIpc) is 2.71. The molecule has 0 aromatic carbocycles. The van der Waals surface area contributed by atoms with E-state index < -0.39 is 0 Å². The average molecular weight is 193 g/mol. The van der Waals surface area contributed by atoms with Crippen molar-refractivity contribution in [3.8, 4) is 0 Å². The van der Waals surface area contributed by atoms with Crippen LogP contribution < -0.4 is 0 Å². The molecular formula is C11H19N3. The largest absolute Gasteiger partial charge is 0.276 e. The summed E-state index contributed by atoms with van der Waals surface area (Å²) in [6.45, 7) is 10.0. The second-order valence-corrected chi connectivity index (χ2v) is 2.32. The quantitative estimate of drug-likeness (QED) is 0.697. The van der Waals surface area contributed by atoms with E-state index in [4.69, 9.17) is 0 Å². The molecule has 2 rings (SSSR count). The highest BCUT2D eigenvalue weighted by Gasteiger charge is 1.93. The Labute approximate surface area is 85.6 Å². The molecule has 0 amide bonds. The molecule has 1 N–H and O–H groups in total. The van der Waals surface area contributed by atoms with Crippen molar-refractivity contribution in [3.05, 3.63) is 24.0 Å². The van der Waals surface area contributed by atoms with Crippen LogP contribution in [0.3, 0.4) is 0 Å². The van der Waals surface area contributed by atoms with E-state index >= 15 is 0 Å². The van der Waals surface area contributed by atoms with Crippen molar-refractivity contribution in [1.82, 2.24) is 15.2 Å². The molecule has 3 heteroatoms. The van der Waals surface area contributed by atoms with Crippen molar-refractivity contribution in [3.63, 3.8) is 0 Å². The van der Waals surface area contributed by atoms with Gasteiger partial charge in [-0.3, -0.25) is 10.1 Å². The molecule has 78 valence electrons. The molecule has 0 unspecified atom stereocenters. The first-order chi connectivity index (χ1) is 6.86. The Hall–Kier alpha value is -1.38. The van der Waals surface area contributed by atoms with Gasteiger partial charge in [-0.1, -0.05) is 27.7 Å². The van der Waals surface area contributed by atoms with Crippen LogP contribution >= 0.6 is 0 Å². The maximum absolute atomic E-state index is 4.15. The Morgan fingerprint density at radius 1 is 1.07 bits per heavy atom. The number of rotatable bonds is 0. The first-order valence-electron chi connectivity index (χ1n) is 5.12. The third kappa shape index (κ3) is 3.17. The third-order valence-corrected chi connectivity index (χ3v) is 1.43. The molecular weight excluding hydrogens is 174 g/mol. The van der Waals surface area contributed by atoms with E-state index in [1.54, 1.807) is 6.20 Å². The Bertz CT molecular complexity index is 352. The van der Waals surface area contributed by atoms with E-state index in [0.29, 0.717) is 0 Å². The summed E-state index contributed by atoms with van der Waals surface area (Å²) in [7, 11) is 0. The summed E-state index contributed by atoms with van der Waals surface area (Å²) in [4.78, 5) is 4.15. The van der Waals surface area contributed by atoms with E-state index in [-0.39, 0.29) is 0 Å². The minimum Gasteiger partial charge on any atom is -0.276 e. The zero-order chi connectivity index (χ0) is 11.0. The lowest BCUT2D eigenvalue weighted by atomic mass is 10.3. The summed E-state index contributed by atoms with van der Waals surface area (Å²) >= 11 is 0. The number of aryl methyl sites for hydroxylation is 1. The lowest BCUT2D eigenvalue weighted by Gasteiger charge is -1.88. The summed E-state index contributed by atoms with van der Waals surface area (Å²) in [6, 6.07) is 2.02. The predicted molar refractivity (Wildman–Crippen MR) is 61.3 cm³/mol. The first kappa shape index (κ1) is 12.6. The molecule has 0 bridgehead atoms. The molecule has 0 fully saturated rings. The first-order valence-corrected chi connectivity index (χ1v) is 5.12. The van der Waals surface area contributed by atoms with Gasteiger partial charge in [0.2, 0.25) is 0 Å². The second-order valence-electron chi connectivity index (χ2n) is 2.32. The van der Waals surface area contributed by atoms with E-state index in [2.05, 4.69) is 15.2 Å². The number of pyridine rings is 1. The van der Waals surface area contributed by atoms with Gasteiger partial charge in [0, 0.05) is 6.20 Å². The van der Waals surface area contributed by atoms with Crippen molar-refractivity contribution in [2.75, 3.05) is 0 Å². The molecule has 0 atom stereocenters. The molecule has 3 nitrogen and oxygen atoms in total. The molecule has 0 saturated heterocycles. The number of H-pyrrole nitrogens is 1.